The van der Waals surface area contributed by atoms with Crippen LogP contribution < -0.4 is 4.90 Å². The Kier molecular flexibility index (Phi) is 7.56. The Morgan fingerprint density at radius 2 is 1.88 bits per heavy atom. The minimum Gasteiger partial charge on any atom is -0.444 e. The van der Waals surface area contributed by atoms with Crippen LogP contribution in [0.3, 0.4) is 0 Å². The standard InChI is InChI=1S/C33H34F2N8O5/c1-32(2,3)48-31(46)42-9-4-5-26(42)29(44)40-16-22-23(17-40)33(22,18-36)27-7-6-19(13-37-27)28-24(34)11-20(12-25(28)35)43-15-21(47-30(43)45)14-41-10-8-38-39-41/h6-8,10-13,21-23,26H,4-5,9,14-17H2,1-3H3/t21-,22?,23?,26-,33?/m0/s1. The van der Waals surface area contributed by atoms with Gasteiger partial charge in [-0.15, -0.1) is 5.10 Å². The van der Waals surface area contributed by atoms with E-state index < -0.39 is 47.0 Å². The third-order valence-corrected chi connectivity index (χ3v) is 9.59. The third kappa shape index (κ3) is 5.38. The number of anilines is 1. The van der Waals surface area contributed by atoms with Gasteiger partial charge in [0, 0.05) is 49.4 Å². The van der Waals surface area contributed by atoms with Crippen LogP contribution in [-0.4, -0.2) is 91.8 Å². The molecule has 48 heavy (non-hydrogen) atoms. The maximum atomic E-state index is 15.4. The Bertz CT molecular complexity index is 1770. The molecule has 3 aromatic rings. The summed E-state index contributed by atoms with van der Waals surface area (Å²) in [6.45, 7) is 6.82. The van der Waals surface area contributed by atoms with E-state index in [0.29, 0.717) is 38.2 Å². The number of nitriles is 1. The van der Waals surface area contributed by atoms with Gasteiger partial charge in [-0.05, 0) is 51.8 Å². The van der Waals surface area contributed by atoms with Crippen LogP contribution in [0.15, 0.2) is 42.9 Å². The van der Waals surface area contributed by atoms with E-state index in [-0.39, 0.29) is 47.6 Å². The zero-order valence-electron chi connectivity index (χ0n) is 26.7. The number of carbonyl (C=O) groups excluding carboxylic acids is 3. The number of halogens is 2. The largest absolute Gasteiger partial charge is 0.444 e. The summed E-state index contributed by atoms with van der Waals surface area (Å²) in [5, 5.41) is 17.8. The van der Waals surface area contributed by atoms with Crippen LogP contribution >= 0.6 is 0 Å². The van der Waals surface area contributed by atoms with E-state index in [0.717, 1.165) is 17.0 Å². The molecule has 3 amide bonds. The molecule has 4 atom stereocenters. The molecule has 7 rings (SSSR count). The Morgan fingerprint density at radius 3 is 2.48 bits per heavy atom. The number of fused-ring (bicyclic) bond motifs is 1. The molecular formula is C33H34F2N8O5. The van der Waals surface area contributed by atoms with E-state index >= 15 is 8.78 Å². The number of amides is 3. The molecule has 5 heterocycles. The lowest BCUT2D eigenvalue weighted by atomic mass is 9.95. The molecule has 1 saturated carbocycles. The number of aromatic nitrogens is 4. The highest BCUT2D eigenvalue weighted by atomic mass is 19.1. The molecule has 1 aromatic carbocycles. The van der Waals surface area contributed by atoms with Crippen molar-refractivity contribution in [3.8, 4) is 17.2 Å². The number of cyclic esters (lactones) is 1. The van der Waals surface area contributed by atoms with Gasteiger partial charge in [-0.1, -0.05) is 11.3 Å². The average molecular weight is 661 g/mol. The van der Waals surface area contributed by atoms with Gasteiger partial charge in [0.25, 0.3) is 0 Å². The highest BCUT2D eigenvalue weighted by Gasteiger charge is 2.71. The van der Waals surface area contributed by atoms with Crippen molar-refractivity contribution in [2.24, 2.45) is 11.8 Å². The summed E-state index contributed by atoms with van der Waals surface area (Å²) in [7, 11) is 0. The van der Waals surface area contributed by atoms with Crippen molar-refractivity contribution in [1.82, 2.24) is 29.8 Å². The molecule has 3 saturated heterocycles. The first kappa shape index (κ1) is 31.5. The Morgan fingerprint density at radius 1 is 1.15 bits per heavy atom. The Labute approximate surface area is 275 Å². The molecule has 3 aliphatic heterocycles. The predicted octanol–water partition coefficient (Wildman–Crippen LogP) is 3.89. The van der Waals surface area contributed by atoms with E-state index in [1.54, 1.807) is 37.9 Å². The van der Waals surface area contributed by atoms with E-state index in [4.69, 9.17) is 9.47 Å². The lowest BCUT2D eigenvalue weighted by molar-refractivity contribution is -0.135. The smallest absolute Gasteiger partial charge is 0.414 e. The molecule has 0 N–H and O–H groups in total. The van der Waals surface area contributed by atoms with Crippen LogP contribution in [0.25, 0.3) is 11.1 Å². The Hall–Kier alpha value is -5.13. The summed E-state index contributed by atoms with van der Waals surface area (Å²) in [5.74, 6) is -2.22. The summed E-state index contributed by atoms with van der Waals surface area (Å²) in [6.07, 6.45) is 3.90. The van der Waals surface area contributed by atoms with Crippen LogP contribution in [0.1, 0.15) is 39.3 Å². The van der Waals surface area contributed by atoms with Crippen LogP contribution in [0.2, 0.25) is 0 Å². The second-order valence-corrected chi connectivity index (χ2v) is 13.7. The van der Waals surface area contributed by atoms with Gasteiger partial charge in [0.15, 0.2) is 0 Å². The number of rotatable bonds is 6. The molecule has 13 nitrogen and oxygen atoms in total. The van der Waals surface area contributed by atoms with Gasteiger partial charge >= 0.3 is 12.2 Å². The van der Waals surface area contributed by atoms with Crippen molar-refractivity contribution in [1.29, 1.82) is 5.26 Å². The molecule has 0 radical (unpaired) electrons. The maximum absolute atomic E-state index is 15.4. The number of nitrogens with zero attached hydrogens (tertiary/aromatic N) is 8. The first-order valence-corrected chi connectivity index (χ1v) is 15.9. The first-order valence-electron chi connectivity index (χ1n) is 15.9. The van der Waals surface area contributed by atoms with E-state index in [9.17, 15) is 19.6 Å². The lowest BCUT2D eigenvalue weighted by Crippen LogP contribution is -2.49. The van der Waals surface area contributed by atoms with Crippen molar-refractivity contribution >= 4 is 23.8 Å². The van der Waals surface area contributed by atoms with Gasteiger partial charge in [-0.25, -0.2) is 23.1 Å². The summed E-state index contributed by atoms with van der Waals surface area (Å²) in [6, 6.07) is 7.08. The van der Waals surface area contributed by atoms with Crippen LogP contribution in [0.4, 0.5) is 24.1 Å². The monoisotopic (exact) mass is 660 g/mol. The topological polar surface area (TPSA) is 147 Å². The van der Waals surface area contributed by atoms with Gasteiger partial charge in [0.2, 0.25) is 5.91 Å². The van der Waals surface area contributed by atoms with Gasteiger partial charge in [-0.3, -0.25) is 19.6 Å². The number of benzene rings is 1. The van der Waals surface area contributed by atoms with Gasteiger partial charge in [-0.2, -0.15) is 5.26 Å². The highest BCUT2D eigenvalue weighted by molar-refractivity contribution is 5.90. The molecular weight excluding hydrogens is 626 g/mol. The molecule has 4 aliphatic rings. The molecule has 2 aromatic heterocycles. The quantitative estimate of drug-likeness (QED) is 0.384. The number of piperidine rings is 1. The minimum absolute atomic E-state index is 0.0181. The van der Waals surface area contributed by atoms with Crippen molar-refractivity contribution in [3.63, 3.8) is 0 Å². The zero-order valence-corrected chi connectivity index (χ0v) is 26.7. The molecule has 2 unspecified atom stereocenters. The zero-order chi connectivity index (χ0) is 34.0. The normalized spacial score (nSPS) is 26.3. The number of carbonyl (C=O) groups is 3. The SMILES string of the molecule is CC(C)(C)OC(=O)N1CCC[C@H]1C(=O)N1CC2C(C1)C2(C#N)c1ccc(-c2c(F)cc(N3C[C@H](Cn4ccnn4)OC3=O)cc2F)cn1. The van der Waals surface area contributed by atoms with E-state index in [1.807, 2.05) is 0 Å². The molecule has 250 valence electrons. The number of pyridine rings is 1. The van der Waals surface area contributed by atoms with Crippen molar-refractivity contribution in [2.75, 3.05) is 31.1 Å². The molecule has 1 aliphatic carbocycles. The third-order valence-electron chi connectivity index (χ3n) is 9.59. The number of hydrogen-bond acceptors (Lipinski definition) is 9. The maximum Gasteiger partial charge on any atom is 0.414 e. The fourth-order valence-electron chi connectivity index (χ4n) is 7.33. The molecule has 4 fully saturated rings. The summed E-state index contributed by atoms with van der Waals surface area (Å²) in [5.41, 5.74) is -1.24. The van der Waals surface area contributed by atoms with Gasteiger partial charge in [0.05, 0.1) is 42.3 Å². The number of ether oxygens (including phenoxy) is 2. The van der Waals surface area contributed by atoms with Gasteiger partial charge in [0.1, 0.15) is 34.8 Å². The summed E-state index contributed by atoms with van der Waals surface area (Å²) < 4.78 is 43.1. The molecule has 15 heteroatoms. The fourth-order valence-corrected chi connectivity index (χ4v) is 7.33. The van der Waals surface area contributed by atoms with Crippen LogP contribution in [0.5, 0.6) is 0 Å². The predicted molar refractivity (Wildman–Crippen MR) is 164 cm³/mol. The summed E-state index contributed by atoms with van der Waals surface area (Å²) >= 11 is 0. The van der Waals surface area contributed by atoms with Crippen molar-refractivity contribution < 1.29 is 32.6 Å². The van der Waals surface area contributed by atoms with E-state index in [2.05, 4.69) is 21.4 Å². The van der Waals surface area contributed by atoms with Crippen LogP contribution in [-0.2, 0) is 26.2 Å². The van der Waals surface area contributed by atoms with Gasteiger partial charge < -0.3 is 14.4 Å². The number of hydrogen-bond donors (Lipinski definition) is 0. The second kappa shape index (κ2) is 11.5. The van der Waals surface area contributed by atoms with E-state index in [1.165, 1.54) is 28.0 Å². The van der Waals surface area contributed by atoms with Crippen LogP contribution in [0, 0.1) is 34.8 Å². The minimum atomic E-state index is -0.921. The Balaban J connectivity index is 1.02. The molecule has 0 spiro atoms. The summed E-state index contributed by atoms with van der Waals surface area (Å²) in [4.78, 5) is 47.5. The fraction of sp³-hybridized carbons (Fsp3) is 0.485. The second-order valence-electron chi connectivity index (χ2n) is 13.7. The first-order chi connectivity index (χ1) is 22.9. The number of likely N-dealkylation sites (tertiary alicyclic amines) is 2. The average Bonchev–Trinajstić information content (AvgIpc) is 3.70. The lowest BCUT2D eigenvalue weighted by Gasteiger charge is -2.31. The highest BCUT2D eigenvalue weighted by Crippen LogP contribution is 2.63. The molecule has 0 bridgehead atoms. The van der Waals surface area contributed by atoms with Crippen molar-refractivity contribution in [3.05, 3.63) is 60.2 Å². The van der Waals surface area contributed by atoms with Crippen molar-refractivity contribution in [2.45, 2.75) is 63.3 Å².